The molecular formula is C53H37NOS. The zero-order valence-corrected chi connectivity index (χ0v) is 31.5. The van der Waals surface area contributed by atoms with Crippen LogP contribution in [0.1, 0.15) is 35.4 Å². The van der Waals surface area contributed by atoms with Crippen molar-refractivity contribution >= 4 is 56.7 Å². The summed E-state index contributed by atoms with van der Waals surface area (Å²) < 4.78 is 6.60. The standard InChI is InChI=1S/C53H37NOS/c1-2-14-36(15-3-1)48-34-39(32-33-42(48)45-22-12-23-46-43-20-8-10-26-50(43)55-52(45)46)54(49-25-13-24-47-44-21-9-11-27-51(44)56-53(47)49)38-30-28-37(29-31-38)41-19-7-5-17-35-16-4-6-18-40(35)41/h1-18,20-28,30,32-34,44,51H,29,31H2. The monoisotopic (exact) mass is 735 g/mol. The fourth-order valence-corrected chi connectivity index (χ4v) is 10.4. The molecule has 2 atom stereocenters. The van der Waals surface area contributed by atoms with Crippen molar-refractivity contribution in [3.63, 3.8) is 0 Å². The Morgan fingerprint density at radius 1 is 0.643 bits per heavy atom. The molecule has 2 nitrogen and oxygen atoms in total. The molecule has 11 rings (SSSR count). The van der Waals surface area contributed by atoms with Crippen LogP contribution in [0.3, 0.4) is 0 Å². The molecule has 6 aromatic carbocycles. The second-order valence-corrected chi connectivity index (χ2v) is 16.0. The summed E-state index contributed by atoms with van der Waals surface area (Å²) in [6, 6.07) is 48.3. The maximum Gasteiger partial charge on any atom is 0.143 e. The van der Waals surface area contributed by atoms with E-state index in [1.807, 2.05) is 23.9 Å². The lowest BCUT2D eigenvalue weighted by Crippen LogP contribution is -2.19. The number of nitrogens with zero attached hydrogens (tertiary/aromatic N) is 1. The normalized spacial score (nSPS) is 17.9. The maximum absolute atomic E-state index is 6.60. The summed E-state index contributed by atoms with van der Waals surface area (Å²) in [7, 11) is 0. The minimum atomic E-state index is 0.378. The van der Waals surface area contributed by atoms with Gasteiger partial charge in [-0.3, -0.25) is 0 Å². The topological polar surface area (TPSA) is 16.4 Å². The number of hydrogen-bond donors (Lipinski definition) is 0. The van der Waals surface area contributed by atoms with Gasteiger partial charge in [-0.2, -0.15) is 0 Å². The lowest BCUT2D eigenvalue weighted by Gasteiger charge is -2.32. The molecule has 0 amide bonds. The summed E-state index contributed by atoms with van der Waals surface area (Å²) in [5.74, 6) is 0.378. The molecule has 0 saturated carbocycles. The van der Waals surface area contributed by atoms with E-state index >= 15 is 0 Å². The van der Waals surface area contributed by atoms with E-state index in [9.17, 15) is 0 Å². The first-order chi connectivity index (χ1) is 27.8. The van der Waals surface area contributed by atoms with Crippen LogP contribution in [-0.4, -0.2) is 5.25 Å². The van der Waals surface area contributed by atoms with E-state index < -0.39 is 0 Å². The van der Waals surface area contributed by atoms with Crippen molar-refractivity contribution < 1.29 is 4.42 Å². The third-order valence-corrected chi connectivity index (χ3v) is 13.0. The Labute approximate surface area is 331 Å². The number of anilines is 2. The molecule has 3 aliphatic carbocycles. The average molecular weight is 736 g/mol. The molecule has 0 saturated heterocycles. The fraction of sp³-hybridized carbons (Fsp3) is 0.0755. The quantitative estimate of drug-likeness (QED) is 0.158. The Morgan fingerprint density at radius 2 is 1.46 bits per heavy atom. The SMILES string of the molecule is C1=CC=Cc2ccccc2C=1C1=CC=C(N(c2ccc(-c3cccc4c3oc3ccccc34)c(-c3ccccc3)c2)c2cccc3c2SC2C=CC=CC32)CC1. The molecule has 0 spiro atoms. The lowest BCUT2D eigenvalue weighted by molar-refractivity contribution is 0.670. The minimum Gasteiger partial charge on any atom is -0.455 e. The Bertz CT molecular complexity index is 2950. The molecular weight excluding hydrogens is 699 g/mol. The van der Waals surface area contributed by atoms with Gasteiger partial charge in [0.2, 0.25) is 0 Å². The molecule has 56 heavy (non-hydrogen) atoms. The van der Waals surface area contributed by atoms with E-state index in [2.05, 4.69) is 187 Å². The molecule has 3 heteroatoms. The predicted molar refractivity (Wildman–Crippen MR) is 236 cm³/mol. The summed E-state index contributed by atoms with van der Waals surface area (Å²) in [4.78, 5) is 3.90. The zero-order chi connectivity index (χ0) is 37.0. The van der Waals surface area contributed by atoms with Gasteiger partial charge in [-0.25, -0.2) is 0 Å². The number of rotatable bonds is 6. The molecule has 1 aromatic heterocycles. The van der Waals surface area contributed by atoms with Gasteiger partial charge in [0.1, 0.15) is 11.2 Å². The van der Waals surface area contributed by atoms with Gasteiger partial charge < -0.3 is 9.32 Å². The Morgan fingerprint density at radius 3 is 2.39 bits per heavy atom. The first-order valence-electron chi connectivity index (χ1n) is 19.5. The van der Waals surface area contributed by atoms with Gasteiger partial charge in [0.25, 0.3) is 0 Å². The molecule has 1 aliphatic heterocycles. The van der Waals surface area contributed by atoms with Gasteiger partial charge in [0.15, 0.2) is 0 Å². The Kier molecular flexibility index (Phi) is 8.02. The molecule has 0 N–H and O–H groups in total. The second kappa shape index (κ2) is 13.7. The maximum atomic E-state index is 6.60. The fourth-order valence-electron chi connectivity index (χ4n) is 8.92. The number of thioether (sulfide) groups is 1. The number of hydrogen-bond acceptors (Lipinski definition) is 3. The van der Waals surface area contributed by atoms with Crippen LogP contribution in [0.15, 0.2) is 208 Å². The second-order valence-electron chi connectivity index (χ2n) is 14.8. The van der Waals surface area contributed by atoms with E-state index in [0.29, 0.717) is 11.2 Å². The van der Waals surface area contributed by atoms with Crippen molar-refractivity contribution in [2.75, 3.05) is 4.90 Å². The first-order valence-corrected chi connectivity index (χ1v) is 20.3. The summed E-state index contributed by atoms with van der Waals surface area (Å²) in [5, 5.41) is 2.68. The summed E-state index contributed by atoms with van der Waals surface area (Å²) in [6.07, 6.45) is 22.0. The van der Waals surface area contributed by atoms with E-state index in [1.165, 1.54) is 55.2 Å². The number of fused-ring (bicyclic) bond motifs is 7. The average Bonchev–Trinajstić information content (AvgIpc) is 3.76. The van der Waals surface area contributed by atoms with Gasteiger partial charge in [-0.05, 0) is 88.2 Å². The third kappa shape index (κ3) is 5.51. The van der Waals surface area contributed by atoms with Crippen molar-refractivity contribution in [3.05, 3.63) is 216 Å². The highest BCUT2D eigenvalue weighted by Crippen LogP contribution is 2.54. The molecule has 7 aromatic rings. The zero-order valence-electron chi connectivity index (χ0n) is 30.7. The van der Waals surface area contributed by atoms with Gasteiger partial charge in [-0.1, -0.05) is 152 Å². The van der Waals surface area contributed by atoms with E-state index in [0.717, 1.165) is 51.6 Å². The van der Waals surface area contributed by atoms with Crippen LogP contribution in [-0.2, 0) is 0 Å². The van der Waals surface area contributed by atoms with Crippen molar-refractivity contribution in [2.24, 2.45) is 0 Å². The highest BCUT2D eigenvalue weighted by molar-refractivity contribution is 8.00. The predicted octanol–water partition coefficient (Wildman–Crippen LogP) is 14.6. The van der Waals surface area contributed by atoms with Crippen LogP contribution in [0.2, 0.25) is 0 Å². The van der Waals surface area contributed by atoms with Crippen LogP contribution in [0, 0.1) is 0 Å². The van der Waals surface area contributed by atoms with E-state index in [4.69, 9.17) is 4.42 Å². The number of allylic oxidation sites excluding steroid dienone is 9. The number of para-hydroxylation sites is 2. The smallest absolute Gasteiger partial charge is 0.143 e. The molecule has 4 aliphatic rings. The highest BCUT2D eigenvalue weighted by atomic mass is 32.2. The lowest BCUT2D eigenvalue weighted by atomic mass is 9.88. The van der Waals surface area contributed by atoms with Crippen LogP contribution in [0.5, 0.6) is 0 Å². The van der Waals surface area contributed by atoms with E-state index in [-0.39, 0.29) is 0 Å². The van der Waals surface area contributed by atoms with Crippen molar-refractivity contribution in [1.29, 1.82) is 0 Å². The summed E-state index contributed by atoms with van der Waals surface area (Å²) >= 11 is 2.00. The number of furan rings is 1. The third-order valence-electron chi connectivity index (χ3n) is 11.6. The van der Waals surface area contributed by atoms with Crippen LogP contribution < -0.4 is 4.90 Å². The van der Waals surface area contributed by atoms with E-state index in [1.54, 1.807) is 0 Å². The van der Waals surface area contributed by atoms with Crippen molar-refractivity contribution in [2.45, 2.75) is 28.9 Å². The summed E-state index contributed by atoms with van der Waals surface area (Å²) in [6.45, 7) is 0. The van der Waals surface area contributed by atoms with Gasteiger partial charge in [-0.15, -0.1) is 17.5 Å². The van der Waals surface area contributed by atoms with Gasteiger partial charge in [0, 0.05) is 49.4 Å². The molecule has 0 radical (unpaired) electrons. The van der Waals surface area contributed by atoms with Gasteiger partial charge in [0.05, 0.1) is 5.69 Å². The van der Waals surface area contributed by atoms with Crippen LogP contribution in [0.4, 0.5) is 11.4 Å². The van der Waals surface area contributed by atoms with Crippen molar-refractivity contribution in [3.8, 4) is 22.3 Å². The molecule has 0 fully saturated rings. The molecule has 0 bridgehead atoms. The summed E-state index contributed by atoms with van der Waals surface area (Å²) in [5.41, 5.74) is 20.1. The molecule has 266 valence electrons. The van der Waals surface area contributed by atoms with Crippen molar-refractivity contribution in [1.82, 2.24) is 0 Å². The van der Waals surface area contributed by atoms with Crippen LogP contribution in [0.25, 0.3) is 55.8 Å². The molecule has 2 heterocycles. The Hall–Kier alpha value is -6.51. The minimum absolute atomic E-state index is 0.378. The number of benzene rings is 6. The van der Waals surface area contributed by atoms with Gasteiger partial charge >= 0.3 is 0 Å². The first kappa shape index (κ1) is 32.9. The highest BCUT2D eigenvalue weighted by Gasteiger charge is 2.35. The molecule has 2 unspecified atom stereocenters. The Balaban J connectivity index is 1.10. The van der Waals surface area contributed by atoms with Crippen LogP contribution >= 0.6 is 11.8 Å². The largest absolute Gasteiger partial charge is 0.455 e.